The smallest absolute Gasteiger partial charge is 0.0548 e. The molecule has 0 saturated carbocycles. The molecule has 0 atom stereocenters. The number of hydrogen-bond acceptors (Lipinski definition) is 0. The zero-order valence-corrected chi connectivity index (χ0v) is 25.1. The third-order valence-electron chi connectivity index (χ3n) is 9.65. The molecule has 10 aromatic rings. The van der Waals surface area contributed by atoms with E-state index in [4.69, 9.17) is 0 Å². The first-order valence-corrected chi connectivity index (χ1v) is 15.9. The van der Waals surface area contributed by atoms with Crippen LogP contribution in [0.15, 0.2) is 170 Å². The van der Waals surface area contributed by atoms with Gasteiger partial charge in [-0.3, -0.25) is 0 Å². The second kappa shape index (κ2) is 9.69. The molecule has 0 amide bonds. The average molecular weight is 585 g/mol. The highest BCUT2D eigenvalue weighted by Crippen LogP contribution is 2.42. The quantitative estimate of drug-likeness (QED) is 0.195. The molecule has 46 heavy (non-hydrogen) atoms. The van der Waals surface area contributed by atoms with E-state index in [1.807, 2.05) is 0 Å². The number of benzene rings is 8. The Morgan fingerprint density at radius 3 is 1.41 bits per heavy atom. The van der Waals surface area contributed by atoms with Crippen LogP contribution in [0.5, 0.6) is 0 Å². The van der Waals surface area contributed by atoms with Gasteiger partial charge in [0.25, 0.3) is 0 Å². The highest BCUT2D eigenvalue weighted by molar-refractivity contribution is 6.29. The summed E-state index contributed by atoms with van der Waals surface area (Å²) in [6.45, 7) is 0. The first-order chi connectivity index (χ1) is 22.8. The van der Waals surface area contributed by atoms with Crippen molar-refractivity contribution in [1.29, 1.82) is 0 Å². The number of hydrogen-bond donors (Lipinski definition) is 0. The highest BCUT2D eigenvalue weighted by atomic mass is 15.0. The Hall–Kier alpha value is -6.12. The third kappa shape index (κ3) is 3.65. The molecule has 0 N–H and O–H groups in total. The summed E-state index contributed by atoms with van der Waals surface area (Å²) in [5, 5.41) is 10.1. The van der Waals surface area contributed by atoms with E-state index in [0.717, 1.165) is 0 Å². The molecule has 2 heteroatoms. The normalized spacial score (nSPS) is 11.9. The van der Waals surface area contributed by atoms with Gasteiger partial charge in [-0.1, -0.05) is 115 Å². The lowest BCUT2D eigenvalue weighted by Gasteiger charge is -2.11. The maximum Gasteiger partial charge on any atom is 0.0548 e. The topological polar surface area (TPSA) is 9.86 Å². The van der Waals surface area contributed by atoms with Crippen LogP contribution in [0.2, 0.25) is 0 Å². The van der Waals surface area contributed by atoms with Gasteiger partial charge < -0.3 is 9.13 Å². The van der Waals surface area contributed by atoms with Gasteiger partial charge in [0, 0.05) is 32.9 Å². The van der Waals surface area contributed by atoms with E-state index in [1.54, 1.807) is 0 Å². The van der Waals surface area contributed by atoms with Crippen LogP contribution < -0.4 is 0 Å². The highest BCUT2D eigenvalue weighted by Gasteiger charge is 2.20. The van der Waals surface area contributed by atoms with Gasteiger partial charge in [-0.25, -0.2) is 0 Å². The van der Waals surface area contributed by atoms with Gasteiger partial charge in [0.2, 0.25) is 0 Å². The van der Waals surface area contributed by atoms with Crippen molar-refractivity contribution < 1.29 is 0 Å². The van der Waals surface area contributed by atoms with E-state index in [0.29, 0.717) is 0 Å². The Kier molecular flexibility index (Phi) is 5.31. The largest absolute Gasteiger partial charge is 0.309 e. The van der Waals surface area contributed by atoms with Crippen molar-refractivity contribution in [3.8, 4) is 22.5 Å². The molecule has 214 valence electrons. The lowest BCUT2D eigenvalue weighted by Crippen LogP contribution is -1.95. The van der Waals surface area contributed by atoms with Crippen LogP contribution in [-0.2, 0) is 0 Å². The van der Waals surface area contributed by atoms with Gasteiger partial charge in [-0.2, -0.15) is 0 Å². The summed E-state index contributed by atoms with van der Waals surface area (Å²) in [6, 6.07) is 62.0. The van der Waals surface area contributed by atoms with E-state index in [1.165, 1.54) is 87.7 Å². The van der Waals surface area contributed by atoms with Crippen molar-refractivity contribution in [1.82, 2.24) is 9.13 Å². The number of aromatic nitrogens is 2. The fourth-order valence-electron chi connectivity index (χ4n) is 7.57. The standard InChI is InChI=1S/C44H28N2/c1-2-10-29(11-3-1)32-18-19-34-28-36(23-21-33(34)26-32)46-40-17-9-7-15-38(40)44-42(46)25-24-41-43(44)37-14-6-8-16-39(37)45(41)35-22-20-30-12-4-5-13-31(30)27-35/h1-28H. The minimum Gasteiger partial charge on any atom is -0.309 e. The SMILES string of the molecule is c1ccc(-c2ccc3cc(-n4c5ccccc5c5c6c7ccccc7n(-c7ccc8ccccc8c7)c6ccc54)ccc3c2)cc1. The minimum absolute atomic E-state index is 1.17. The Bertz CT molecular complexity index is 2800. The first kappa shape index (κ1) is 25.2. The number of para-hydroxylation sites is 2. The Balaban J connectivity index is 1.24. The maximum absolute atomic E-state index is 2.44. The number of rotatable bonds is 3. The minimum atomic E-state index is 1.17. The second-order valence-corrected chi connectivity index (χ2v) is 12.2. The predicted molar refractivity (Wildman–Crippen MR) is 196 cm³/mol. The lowest BCUT2D eigenvalue weighted by atomic mass is 10.0. The summed E-state index contributed by atoms with van der Waals surface area (Å²) in [7, 11) is 0. The fourth-order valence-corrected chi connectivity index (χ4v) is 7.57. The molecule has 0 aliphatic carbocycles. The number of nitrogens with zero attached hydrogens (tertiary/aromatic N) is 2. The van der Waals surface area contributed by atoms with Gasteiger partial charge in [0.05, 0.1) is 22.1 Å². The molecule has 0 radical (unpaired) electrons. The number of fused-ring (bicyclic) bond motifs is 9. The van der Waals surface area contributed by atoms with Crippen molar-refractivity contribution >= 4 is 65.2 Å². The summed E-state index contributed by atoms with van der Waals surface area (Å²) in [5.74, 6) is 0. The molecule has 0 aliphatic heterocycles. The fraction of sp³-hybridized carbons (Fsp3) is 0. The van der Waals surface area contributed by atoms with E-state index < -0.39 is 0 Å². The van der Waals surface area contributed by atoms with Gasteiger partial charge in [0.15, 0.2) is 0 Å². The summed E-state index contributed by atoms with van der Waals surface area (Å²) in [6.07, 6.45) is 0. The van der Waals surface area contributed by atoms with E-state index in [9.17, 15) is 0 Å². The van der Waals surface area contributed by atoms with Crippen LogP contribution in [0.1, 0.15) is 0 Å². The van der Waals surface area contributed by atoms with Crippen LogP contribution in [0.3, 0.4) is 0 Å². The van der Waals surface area contributed by atoms with Gasteiger partial charge in [0.1, 0.15) is 0 Å². The molecule has 2 aromatic heterocycles. The summed E-state index contributed by atoms with van der Waals surface area (Å²) in [4.78, 5) is 0. The van der Waals surface area contributed by atoms with Crippen molar-refractivity contribution in [3.05, 3.63) is 170 Å². The van der Waals surface area contributed by atoms with Gasteiger partial charge in [-0.05, 0) is 87.3 Å². The average Bonchev–Trinajstić information content (AvgIpc) is 3.64. The van der Waals surface area contributed by atoms with E-state index in [-0.39, 0.29) is 0 Å². The maximum atomic E-state index is 2.44. The summed E-state index contributed by atoms with van der Waals surface area (Å²) in [5.41, 5.74) is 9.70. The van der Waals surface area contributed by atoms with Crippen LogP contribution in [0.4, 0.5) is 0 Å². The molecule has 8 aromatic carbocycles. The zero-order chi connectivity index (χ0) is 30.2. The molecule has 0 saturated heterocycles. The summed E-state index contributed by atoms with van der Waals surface area (Å²) < 4.78 is 4.87. The van der Waals surface area contributed by atoms with Crippen LogP contribution in [0.25, 0.3) is 87.7 Å². The van der Waals surface area contributed by atoms with Gasteiger partial charge >= 0.3 is 0 Å². The molecular formula is C44H28N2. The van der Waals surface area contributed by atoms with E-state index in [2.05, 4.69) is 179 Å². The molecule has 0 bridgehead atoms. The molecule has 0 spiro atoms. The van der Waals surface area contributed by atoms with Gasteiger partial charge in [-0.15, -0.1) is 0 Å². The zero-order valence-electron chi connectivity index (χ0n) is 25.1. The molecule has 0 aliphatic rings. The predicted octanol–water partition coefficient (Wildman–Crippen LogP) is 11.9. The molecule has 2 heterocycles. The molecule has 0 unspecified atom stereocenters. The van der Waals surface area contributed by atoms with Crippen molar-refractivity contribution in [2.45, 2.75) is 0 Å². The lowest BCUT2D eigenvalue weighted by molar-refractivity contribution is 1.18. The van der Waals surface area contributed by atoms with E-state index >= 15 is 0 Å². The van der Waals surface area contributed by atoms with Crippen LogP contribution in [0, 0.1) is 0 Å². The molecule has 2 nitrogen and oxygen atoms in total. The second-order valence-electron chi connectivity index (χ2n) is 12.2. The van der Waals surface area contributed by atoms with Crippen LogP contribution in [-0.4, -0.2) is 9.13 Å². The third-order valence-corrected chi connectivity index (χ3v) is 9.65. The van der Waals surface area contributed by atoms with Crippen molar-refractivity contribution in [3.63, 3.8) is 0 Å². The summed E-state index contributed by atoms with van der Waals surface area (Å²) >= 11 is 0. The molecular weight excluding hydrogens is 556 g/mol. The molecule has 10 rings (SSSR count). The van der Waals surface area contributed by atoms with Crippen molar-refractivity contribution in [2.24, 2.45) is 0 Å². The van der Waals surface area contributed by atoms with Crippen molar-refractivity contribution in [2.75, 3.05) is 0 Å². The first-order valence-electron chi connectivity index (χ1n) is 15.9. The Morgan fingerprint density at radius 1 is 0.283 bits per heavy atom. The Morgan fingerprint density at radius 2 is 0.761 bits per heavy atom. The Labute approximate surface area is 266 Å². The van der Waals surface area contributed by atoms with Crippen LogP contribution >= 0.6 is 0 Å². The molecule has 0 fully saturated rings. The monoisotopic (exact) mass is 584 g/mol.